The first-order chi connectivity index (χ1) is 15.5. The van der Waals surface area contributed by atoms with Crippen LogP contribution < -0.4 is 4.74 Å². The number of hydrogen-bond donors (Lipinski definition) is 1. The van der Waals surface area contributed by atoms with Gasteiger partial charge in [0.25, 0.3) is 0 Å². The zero-order valence-electron chi connectivity index (χ0n) is 18.9. The molecule has 170 valence electrons. The number of methoxy groups -OCH3 is 1. The van der Waals surface area contributed by atoms with Gasteiger partial charge in [0.2, 0.25) is 0 Å². The van der Waals surface area contributed by atoms with E-state index in [4.69, 9.17) is 9.84 Å². The second kappa shape index (κ2) is 8.70. The lowest BCUT2D eigenvalue weighted by Gasteiger charge is -2.36. The molecule has 2 saturated heterocycles. The van der Waals surface area contributed by atoms with Crippen LogP contribution in [0.4, 0.5) is 0 Å². The van der Waals surface area contributed by atoms with Gasteiger partial charge in [-0.3, -0.25) is 10.0 Å². The number of carbonyl (C=O) groups is 1. The molecular formula is C25H32N4O3. The van der Waals surface area contributed by atoms with Crippen molar-refractivity contribution >= 4 is 17.9 Å². The van der Waals surface area contributed by atoms with Crippen LogP contribution in [0.2, 0.25) is 0 Å². The lowest BCUT2D eigenvalue weighted by Crippen LogP contribution is -2.40. The molecular weight excluding hydrogens is 404 g/mol. The smallest absolute Gasteiger partial charge is 0.332 e. The van der Waals surface area contributed by atoms with E-state index >= 15 is 0 Å². The summed E-state index contributed by atoms with van der Waals surface area (Å²) >= 11 is 0. The number of rotatable bonds is 7. The number of carboxylic acid groups (broad SMARTS) is 1. The first kappa shape index (κ1) is 21.2. The van der Waals surface area contributed by atoms with Crippen molar-refractivity contribution in [3.8, 4) is 5.75 Å². The van der Waals surface area contributed by atoms with Crippen molar-refractivity contribution in [1.82, 2.24) is 9.91 Å². The number of dihydropyridines is 1. The molecule has 2 fully saturated rings. The van der Waals surface area contributed by atoms with Gasteiger partial charge in [0.15, 0.2) is 0 Å². The average Bonchev–Trinajstić information content (AvgIpc) is 3.23. The van der Waals surface area contributed by atoms with Gasteiger partial charge >= 0.3 is 5.97 Å². The molecule has 4 atom stereocenters. The number of benzene rings is 1. The fraction of sp³-hybridized carbons (Fsp3) is 0.560. The number of aliphatic carboxylic acids is 1. The number of aliphatic imine (C=N–C) groups is 1. The predicted molar refractivity (Wildman–Crippen MR) is 124 cm³/mol. The molecule has 4 unspecified atom stereocenters. The Balaban J connectivity index is 1.32. The molecule has 7 nitrogen and oxygen atoms in total. The Kier molecular flexibility index (Phi) is 5.76. The Bertz CT molecular complexity index is 940. The molecule has 4 aliphatic heterocycles. The Labute approximate surface area is 189 Å². The van der Waals surface area contributed by atoms with Gasteiger partial charge in [-0.1, -0.05) is 12.1 Å². The maximum absolute atomic E-state index is 12.0. The highest BCUT2D eigenvalue weighted by atomic mass is 16.5. The summed E-state index contributed by atoms with van der Waals surface area (Å²) in [6.45, 7) is 0.595. The molecule has 0 amide bonds. The minimum atomic E-state index is -0.873. The van der Waals surface area contributed by atoms with Crippen molar-refractivity contribution in [2.75, 3.05) is 14.2 Å². The van der Waals surface area contributed by atoms with E-state index in [1.165, 1.54) is 25.7 Å². The van der Waals surface area contributed by atoms with Crippen LogP contribution in [0.3, 0.4) is 0 Å². The Morgan fingerprint density at radius 1 is 1.19 bits per heavy atom. The number of carboxylic acids is 1. The minimum Gasteiger partial charge on any atom is -0.497 e. The van der Waals surface area contributed by atoms with E-state index in [9.17, 15) is 9.90 Å². The van der Waals surface area contributed by atoms with Crippen molar-refractivity contribution in [3.63, 3.8) is 0 Å². The molecule has 2 bridgehead atoms. The molecule has 1 aromatic rings. The fourth-order valence-electron chi connectivity index (χ4n) is 6.02. The molecule has 0 spiro atoms. The maximum Gasteiger partial charge on any atom is 0.332 e. The van der Waals surface area contributed by atoms with Gasteiger partial charge in [0.05, 0.1) is 25.1 Å². The molecule has 5 rings (SSSR count). The summed E-state index contributed by atoms with van der Waals surface area (Å²) in [4.78, 5) is 19.2. The lowest BCUT2D eigenvalue weighted by atomic mass is 9.83. The monoisotopic (exact) mass is 436 g/mol. The van der Waals surface area contributed by atoms with E-state index in [0.29, 0.717) is 18.0 Å². The summed E-state index contributed by atoms with van der Waals surface area (Å²) in [7, 11) is 3.92. The fourth-order valence-corrected chi connectivity index (χ4v) is 6.02. The SMILES string of the molecule is COc1ccc(CN2N=C(CCC3CC4CCC(C3)N4C)C3C(C(=O)O)=CC=NC32)cc1. The molecule has 1 N–H and O–H groups in total. The second-order valence-corrected chi connectivity index (χ2v) is 9.58. The van der Waals surface area contributed by atoms with Gasteiger partial charge in [-0.05, 0) is 75.3 Å². The third-order valence-electron chi connectivity index (χ3n) is 7.80. The number of piperidine rings is 1. The van der Waals surface area contributed by atoms with Crippen molar-refractivity contribution in [2.24, 2.45) is 21.9 Å². The molecule has 0 aromatic heterocycles. The summed E-state index contributed by atoms with van der Waals surface area (Å²) in [6.07, 6.45) is 10.1. The number of fused-ring (bicyclic) bond motifs is 3. The van der Waals surface area contributed by atoms with Gasteiger partial charge in [-0.2, -0.15) is 5.10 Å². The number of ether oxygens (including phenoxy) is 1. The molecule has 7 heteroatoms. The van der Waals surface area contributed by atoms with E-state index < -0.39 is 5.97 Å². The molecule has 1 aromatic carbocycles. The Hall–Kier alpha value is -2.67. The molecule has 0 aliphatic carbocycles. The third-order valence-corrected chi connectivity index (χ3v) is 7.80. The van der Waals surface area contributed by atoms with Gasteiger partial charge in [-0.25, -0.2) is 4.79 Å². The molecule has 4 aliphatic rings. The van der Waals surface area contributed by atoms with Crippen LogP contribution in [0, 0.1) is 11.8 Å². The standard InChI is InChI=1S/C25H32N4O3/c1-28-18-6-7-19(28)14-17(13-18)5-10-22-23-21(25(30)31)11-12-26-24(23)29(27-22)15-16-3-8-20(32-2)9-4-16/h3-4,8-9,11-12,17-19,23-24H,5-7,10,13-15H2,1-2H3,(H,30,31). The van der Waals surface area contributed by atoms with Crippen molar-refractivity contribution < 1.29 is 14.6 Å². The van der Waals surface area contributed by atoms with Crippen LogP contribution in [0.25, 0.3) is 0 Å². The van der Waals surface area contributed by atoms with E-state index in [2.05, 4.69) is 16.9 Å². The number of hydrazone groups is 1. The zero-order valence-corrected chi connectivity index (χ0v) is 18.9. The van der Waals surface area contributed by atoms with Crippen molar-refractivity contribution in [3.05, 3.63) is 41.5 Å². The Morgan fingerprint density at radius 2 is 1.91 bits per heavy atom. The summed E-state index contributed by atoms with van der Waals surface area (Å²) in [6, 6.07) is 9.37. The van der Waals surface area contributed by atoms with E-state index in [-0.39, 0.29) is 12.1 Å². The normalized spacial score (nSPS) is 31.3. The lowest BCUT2D eigenvalue weighted by molar-refractivity contribution is -0.133. The van der Waals surface area contributed by atoms with Crippen LogP contribution in [-0.2, 0) is 11.3 Å². The summed E-state index contributed by atoms with van der Waals surface area (Å²) in [5, 5.41) is 16.7. The quantitative estimate of drug-likeness (QED) is 0.707. The van der Waals surface area contributed by atoms with E-state index in [1.54, 1.807) is 19.4 Å². The summed E-state index contributed by atoms with van der Waals surface area (Å²) in [5.41, 5.74) is 2.48. The molecule has 4 heterocycles. The van der Waals surface area contributed by atoms with Gasteiger partial charge < -0.3 is 14.7 Å². The number of allylic oxidation sites excluding steroid dienone is 1. The van der Waals surface area contributed by atoms with E-state index in [0.717, 1.165) is 41.9 Å². The molecule has 0 saturated carbocycles. The maximum atomic E-state index is 12.0. The summed E-state index contributed by atoms with van der Waals surface area (Å²) < 4.78 is 5.26. The predicted octanol–water partition coefficient (Wildman–Crippen LogP) is 3.56. The number of hydrogen-bond acceptors (Lipinski definition) is 6. The first-order valence-electron chi connectivity index (χ1n) is 11.7. The average molecular weight is 437 g/mol. The second-order valence-electron chi connectivity index (χ2n) is 9.58. The summed E-state index contributed by atoms with van der Waals surface area (Å²) in [5.74, 6) is 0.377. The van der Waals surface area contributed by atoms with Crippen LogP contribution in [0.15, 0.2) is 46.0 Å². The van der Waals surface area contributed by atoms with Crippen LogP contribution in [0.5, 0.6) is 5.75 Å². The minimum absolute atomic E-state index is 0.265. The molecule has 32 heavy (non-hydrogen) atoms. The van der Waals surface area contributed by atoms with Gasteiger partial charge in [0.1, 0.15) is 11.9 Å². The van der Waals surface area contributed by atoms with Crippen molar-refractivity contribution in [1.29, 1.82) is 0 Å². The topological polar surface area (TPSA) is 77.7 Å². The Morgan fingerprint density at radius 3 is 2.56 bits per heavy atom. The highest BCUT2D eigenvalue weighted by Crippen LogP contribution is 2.41. The van der Waals surface area contributed by atoms with Crippen LogP contribution in [0.1, 0.15) is 44.1 Å². The highest BCUT2D eigenvalue weighted by molar-refractivity contribution is 6.04. The van der Waals surface area contributed by atoms with E-state index in [1.807, 2.05) is 29.3 Å². The zero-order chi connectivity index (χ0) is 22.2. The van der Waals surface area contributed by atoms with Gasteiger partial charge in [0, 0.05) is 24.0 Å². The van der Waals surface area contributed by atoms with Crippen LogP contribution >= 0.6 is 0 Å². The first-order valence-corrected chi connectivity index (χ1v) is 11.7. The third kappa shape index (κ3) is 3.94. The molecule has 0 radical (unpaired) electrons. The highest BCUT2D eigenvalue weighted by Gasteiger charge is 2.43. The van der Waals surface area contributed by atoms with Crippen molar-refractivity contribution in [2.45, 2.75) is 63.3 Å². The largest absolute Gasteiger partial charge is 0.497 e. The number of nitrogens with zero attached hydrogens (tertiary/aromatic N) is 4. The van der Waals surface area contributed by atoms with Crippen LogP contribution in [-0.4, -0.2) is 65.3 Å². The van der Waals surface area contributed by atoms with Gasteiger partial charge in [-0.15, -0.1) is 0 Å².